The van der Waals surface area contributed by atoms with Gasteiger partial charge in [0.1, 0.15) is 11.4 Å². The van der Waals surface area contributed by atoms with E-state index in [-0.39, 0.29) is 12.0 Å². The van der Waals surface area contributed by atoms with Gasteiger partial charge in [0.25, 0.3) is 5.91 Å². The van der Waals surface area contributed by atoms with Crippen molar-refractivity contribution in [2.24, 2.45) is 0 Å². The molecule has 0 bridgehead atoms. The number of carbonyl (C=O) groups is 1. The topological polar surface area (TPSA) is 47.6 Å². The molecule has 1 rings (SSSR count). The predicted molar refractivity (Wildman–Crippen MR) is 104 cm³/mol. The fourth-order valence-corrected chi connectivity index (χ4v) is 2.81. The molecule has 0 fully saturated rings. The zero-order valence-electron chi connectivity index (χ0n) is 17.0. The molecule has 2 atom stereocenters. The Kier molecular flexibility index (Phi) is 8.43. The van der Waals surface area contributed by atoms with Crippen LogP contribution in [0.2, 0.25) is 0 Å². The lowest BCUT2D eigenvalue weighted by atomic mass is 9.98. The lowest BCUT2D eigenvalue weighted by Gasteiger charge is -2.28. The largest absolute Gasteiger partial charge is 0.490 e. The van der Waals surface area contributed by atoms with E-state index in [0.717, 1.165) is 41.8 Å². The van der Waals surface area contributed by atoms with Crippen LogP contribution in [0.5, 0.6) is 5.75 Å². The van der Waals surface area contributed by atoms with Crippen molar-refractivity contribution in [2.45, 2.75) is 85.9 Å². The van der Waals surface area contributed by atoms with Gasteiger partial charge in [0.2, 0.25) is 0 Å². The Morgan fingerprint density at radius 2 is 1.76 bits per heavy atom. The third-order valence-corrected chi connectivity index (χ3v) is 4.44. The molecule has 1 amide bonds. The molecule has 4 heteroatoms. The Morgan fingerprint density at radius 3 is 2.24 bits per heavy atom. The van der Waals surface area contributed by atoms with Gasteiger partial charge in [-0.3, -0.25) is 4.79 Å². The van der Waals surface area contributed by atoms with Crippen LogP contribution in [0.25, 0.3) is 0 Å². The van der Waals surface area contributed by atoms with Crippen LogP contribution in [0.1, 0.15) is 71.4 Å². The molecule has 0 saturated heterocycles. The number of hydrogen-bond acceptors (Lipinski definition) is 3. The molecule has 25 heavy (non-hydrogen) atoms. The average molecular weight is 350 g/mol. The molecule has 4 nitrogen and oxygen atoms in total. The van der Waals surface area contributed by atoms with Crippen molar-refractivity contribution in [3.05, 3.63) is 23.3 Å². The van der Waals surface area contributed by atoms with E-state index in [0.29, 0.717) is 13.0 Å². The minimum atomic E-state index is -0.793. The third kappa shape index (κ3) is 6.03. The minimum Gasteiger partial charge on any atom is -0.490 e. The average Bonchev–Trinajstić information content (AvgIpc) is 2.56. The summed E-state index contributed by atoms with van der Waals surface area (Å²) in [5.41, 5.74) is 2.06. The summed E-state index contributed by atoms with van der Waals surface area (Å²) < 4.78 is 11.9. The highest BCUT2D eigenvalue weighted by atomic mass is 16.5. The van der Waals surface area contributed by atoms with Crippen molar-refractivity contribution in [2.75, 3.05) is 11.9 Å². The van der Waals surface area contributed by atoms with Crippen molar-refractivity contribution >= 4 is 11.6 Å². The number of rotatable bonds is 10. The van der Waals surface area contributed by atoms with Crippen LogP contribution in [0, 0.1) is 13.8 Å². The van der Waals surface area contributed by atoms with Gasteiger partial charge in [-0.05, 0) is 70.2 Å². The van der Waals surface area contributed by atoms with Gasteiger partial charge in [-0.25, -0.2) is 0 Å². The van der Waals surface area contributed by atoms with Crippen molar-refractivity contribution in [3.8, 4) is 5.75 Å². The van der Waals surface area contributed by atoms with Gasteiger partial charge in [-0.15, -0.1) is 0 Å². The van der Waals surface area contributed by atoms with Crippen LogP contribution in [0.15, 0.2) is 12.1 Å². The number of benzene rings is 1. The number of hydrogen-bond donors (Lipinski definition) is 1. The molecule has 0 radical (unpaired) electrons. The van der Waals surface area contributed by atoms with E-state index in [1.165, 1.54) is 0 Å². The summed E-state index contributed by atoms with van der Waals surface area (Å²) in [4.78, 5) is 12.8. The Morgan fingerprint density at radius 1 is 1.16 bits per heavy atom. The van der Waals surface area contributed by atoms with Crippen molar-refractivity contribution in [1.29, 1.82) is 0 Å². The summed E-state index contributed by atoms with van der Waals surface area (Å²) in [6.45, 7) is 14.8. The van der Waals surface area contributed by atoms with E-state index in [2.05, 4.69) is 26.1 Å². The van der Waals surface area contributed by atoms with Gasteiger partial charge in [-0.1, -0.05) is 27.2 Å². The number of ether oxygens (including phenoxy) is 2. The fourth-order valence-electron chi connectivity index (χ4n) is 2.81. The molecular formula is C21H35NO3. The third-order valence-electron chi connectivity index (χ3n) is 4.44. The zero-order valence-corrected chi connectivity index (χ0v) is 17.0. The molecule has 0 saturated carbocycles. The molecule has 0 aliphatic heterocycles. The van der Waals surface area contributed by atoms with Gasteiger partial charge >= 0.3 is 0 Å². The Labute approximate surface area is 153 Å². The molecule has 1 aromatic rings. The number of anilines is 1. The summed E-state index contributed by atoms with van der Waals surface area (Å²) in [5, 5.41) is 3.03. The van der Waals surface area contributed by atoms with Gasteiger partial charge in [0, 0.05) is 12.3 Å². The second kappa shape index (κ2) is 9.81. The maximum Gasteiger partial charge on any atom is 0.256 e. The quantitative estimate of drug-likeness (QED) is 0.615. The van der Waals surface area contributed by atoms with Crippen LogP contribution < -0.4 is 10.1 Å². The first kappa shape index (κ1) is 21.5. The smallest absolute Gasteiger partial charge is 0.256 e. The molecule has 0 aliphatic rings. The molecule has 0 unspecified atom stereocenters. The standard InChI is InChI=1S/C21H35NO3/c1-8-11-21(7,24-12-9-2)20(23)22-18-13-15(4)19(16(5)14-18)25-17(6)10-3/h13-14,17H,8-12H2,1-7H3,(H,22,23)/t17-,21-/m0/s1. The normalized spacial score (nSPS) is 14.7. The number of amides is 1. The summed E-state index contributed by atoms with van der Waals surface area (Å²) in [5.74, 6) is 0.822. The van der Waals surface area contributed by atoms with Gasteiger partial charge in [-0.2, -0.15) is 0 Å². The lowest BCUT2D eigenvalue weighted by molar-refractivity contribution is -0.140. The maximum absolute atomic E-state index is 12.8. The van der Waals surface area contributed by atoms with Gasteiger partial charge in [0.15, 0.2) is 0 Å². The molecule has 0 heterocycles. The molecular weight excluding hydrogens is 314 g/mol. The summed E-state index contributed by atoms with van der Waals surface area (Å²) in [6, 6.07) is 3.93. The Bertz CT molecular complexity index is 547. The van der Waals surface area contributed by atoms with Gasteiger partial charge < -0.3 is 14.8 Å². The van der Waals surface area contributed by atoms with E-state index in [9.17, 15) is 4.79 Å². The van der Waals surface area contributed by atoms with Crippen LogP contribution in [-0.4, -0.2) is 24.2 Å². The molecule has 0 aromatic heterocycles. The summed E-state index contributed by atoms with van der Waals surface area (Å²) in [6.07, 6.45) is 3.63. The first-order valence-corrected chi connectivity index (χ1v) is 9.50. The maximum atomic E-state index is 12.8. The van der Waals surface area contributed by atoms with E-state index in [1.54, 1.807) is 0 Å². The van der Waals surface area contributed by atoms with E-state index in [4.69, 9.17) is 9.47 Å². The van der Waals surface area contributed by atoms with Crippen LogP contribution in [0.4, 0.5) is 5.69 Å². The Hall–Kier alpha value is -1.55. The van der Waals surface area contributed by atoms with Crippen molar-refractivity contribution in [3.63, 3.8) is 0 Å². The van der Waals surface area contributed by atoms with Crippen molar-refractivity contribution < 1.29 is 14.3 Å². The number of aryl methyl sites for hydroxylation is 2. The van der Waals surface area contributed by atoms with Gasteiger partial charge in [0.05, 0.1) is 6.10 Å². The Balaban J connectivity index is 2.96. The molecule has 0 spiro atoms. The molecule has 142 valence electrons. The molecule has 1 N–H and O–H groups in total. The van der Waals surface area contributed by atoms with E-state index < -0.39 is 5.60 Å². The van der Waals surface area contributed by atoms with E-state index in [1.807, 2.05) is 39.8 Å². The predicted octanol–water partition coefficient (Wildman–Crippen LogP) is 5.40. The summed E-state index contributed by atoms with van der Waals surface area (Å²) >= 11 is 0. The highest BCUT2D eigenvalue weighted by Gasteiger charge is 2.33. The number of nitrogens with one attached hydrogen (secondary N) is 1. The highest BCUT2D eigenvalue weighted by Crippen LogP contribution is 2.29. The second-order valence-corrected chi connectivity index (χ2v) is 7.06. The SMILES string of the molecule is CCCO[C@@](C)(CCC)C(=O)Nc1cc(C)c(O[C@@H](C)CC)c(C)c1. The molecule has 0 aliphatic carbocycles. The highest BCUT2D eigenvalue weighted by molar-refractivity contribution is 5.97. The molecule has 1 aromatic carbocycles. The fraction of sp³-hybridized carbons (Fsp3) is 0.667. The summed E-state index contributed by atoms with van der Waals surface area (Å²) in [7, 11) is 0. The first-order valence-electron chi connectivity index (χ1n) is 9.50. The second-order valence-electron chi connectivity index (χ2n) is 7.06. The van der Waals surface area contributed by atoms with Crippen molar-refractivity contribution in [1.82, 2.24) is 0 Å². The first-order chi connectivity index (χ1) is 11.8. The zero-order chi connectivity index (χ0) is 19.0. The van der Waals surface area contributed by atoms with Crippen LogP contribution >= 0.6 is 0 Å². The monoisotopic (exact) mass is 349 g/mol. The lowest BCUT2D eigenvalue weighted by Crippen LogP contribution is -2.43. The van der Waals surface area contributed by atoms with E-state index >= 15 is 0 Å². The minimum absolute atomic E-state index is 0.0859. The van der Waals surface area contributed by atoms with Crippen LogP contribution in [0.3, 0.4) is 0 Å². The number of carbonyl (C=O) groups excluding carboxylic acids is 1. The van der Waals surface area contributed by atoms with Crippen LogP contribution in [-0.2, 0) is 9.53 Å².